The number of hydrogen-bond acceptors (Lipinski definition) is 2. The summed E-state index contributed by atoms with van der Waals surface area (Å²) in [5.41, 5.74) is -0.148. The fraction of sp³-hybridized carbons (Fsp3) is 0.933. The van der Waals surface area contributed by atoms with Crippen LogP contribution in [-0.2, 0) is 4.79 Å². The van der Waals surface area contributed by atoms with E-state index < -0.39 is 0 Å². The number of hydrogen-bond donors (Lipinski definition) is 1. The third-order valence-corrected chi connectivity index (χ3v) is 4.55. The fourth-order valence-corrected chi connectivity index (χ4v) is 2.96. The molecule has 1 saturated heterocycles. The largest absolute Gasteiger partial charge is 0.342 e. The Morgan fingerprint density at radius 3 is 2.50 bits per heavy atom. The first-order chi connectivity index (χ1) is 8.44. The molecule has 0 aromatic heterocycles. The van der Waals surface area contributed by atoms with E-state index in [-0.39, 0.29) is 5.41 Å². The summed E-state index contributed by atoms with van der Waals surface area (Å²) >= 11 is 0. The van der Waals surface area contributed by atoms with Gasteiger partial charge in [0, 0.05) is 19.6 Å². The van der Waals surface area contributed by atoms with Crippen molar-refractivity contribution in [2.75, 3.05) is 20.1 Å². The van der Waals surface area contributed by atoms with Crippen molar-refractivity contribution in [2.24, 2.45) is 11.3 Å². The van der Waals surface area contributed by atoms with E-state index in [1.165, 1.54) is 0 Å². The lowest BCUT2D eigenvalue weighted by molar-refractivity contribution is -0.145. The third kappa shape index (κ3) is 3.25. The summed E-state index contributed by atoms with van der Waals surface area (Å²) in [4.78, 5) is 14.8. The van der Waals surface area contributed by atoms with E-state index in [0.29, 0.717) is 17.9 Å². The average Bonchev–Trinajstić information content (AvgIpc) is 2.37. The smallest absolute Gasteiger partial charge is 0.230 e. The molecule has 0 aromatic rings. The summed E-state index contributed by atoms with van der Waals surface area (Å²) in [6.45, 7) is 10.6. The van der Waals surface area contributed by atoms with Gasteiger partial charge >= 0.3 is 0 Å². The van der Waals surface area contributed by atoms with Crippen molar-refractivity contribution >= 4 is 5.91 Å². The number of nitrogens with zero attached hydrogens (tertiary/aromatic N) is 1. The molecule has 1 aliphatic heterocycles. The summed E-state index contributed by atoms with van der Waals surface area (Å²) in [7, 11) is 1.97. The molecule has 2 unspecified atom stereocenters. The van der Waals surface area contributed by atoms with E-state index in [1.807, 2.05) is 11.9 Å². The number of piperidine rings is 1. The number of rotatable bonds is 5. The molecule has 1 N–H and O–H groups in total. The predicted octanol–water partition coefficient (Wildman–Crippen LogP) is 2.66. The molecule has 0 aliphatic carbocycles. The summed E-state index contributed by atoms with van der Waals surface area (Å²) in [6, 6.07) is 0.313. The van der Waals surface area contributed by atoms with E-state index >= 15 is 0 Å². The van der Waals surface area contributed by atoms with E-state index in [9.17, 15) is 4.79 Å². The molecule has 0 aromatic carbocycles. The molecule has 0 spiro atoms. The van der Waals surface area contributed by atoms with Gasteiger partial charge in [-0.3, -0.25) is 4.79 Å². The average molecular weight is 254 g/mol. The van der Waals surface area contributed by atoms with Gasteiger partial charge in [0.25, 0.3) is 0 Å². The van der Waals surface area contributed by atoms with Gasteiger partial charge < -0.3 is 10.2 Å². The van der Waals surface area contributed by atoms with Gasteiger partial charge in [0.1, 0.15) is 0 Å². The Morgan fingerprint density at radius 1 is 1.39 bits per heavy atom. The second kappa shape index (κ2) is 6.55. The maximum absolute atomic E-state index is 12.8. The zero-order valence-corrected chi connectivity index (χ0v) is 12.8. The number of carbonyl (C=O) groups is 1. The monoisotopic (exact) mass is 254 g/mol. The maximum Gasteiger partial charge on any atom is 0.230 e. The molecule has 3 heteroatoms. The lowest BCUT2D eigenvalue weighted by atomic mass is 9.75. The van der Waals surface area contributed by atoms with Crippen LogP contribution >= 0.6 is 0 Å². The van der Waals surface area contributed by atoms with Crippen molar-refractivity contribution in [1.82, 2.24) is 10.2 Å². The van der Waals surface area contributed by atoms with Crippen molar-refractivity contribution in [3.8, 4) is 0 Å². The highest BCUT2D eigenvalue weighted by molar-refractivity contribution is 5.83. The summed E-state index contributed by atoms with van der Waals surface area (Å²) in [5, 5.41) is 3.42. The molecule has 106 valence electrons. The van der Waals surface area contributed by atoms with Gasteiger partial charge in [-0.15, -0.1) is 0 Å². The van der Waals surface area contributed by atoms with Crippen molar-refractivity contribution in [3.63, 3.8) is 0 Å². The predicted molar refractivity (Wildman–Crippen MR) is 76.5 cm³/mol. The van der Waals surface area contributed by atoms with Gasteiger partial charge in [-0.2, -0.15) is 0 Å². The van der Waals surface area contributed by atoms with Crippen LogP contribution in [0.5, 0.6) is 0 Å². The standard InChI is InChI=1S/C15H30N2O/c1-6-8-15(9-7-10-16-11-15)14(18)17(5)13(4)12(2)3/h12-13,16H,6-11H2,1-5H3. The molecule has 2 atom stereocenters. The minimum Gasteiger partial charge on any atom is -0.342 e. The van der Waals surface area contributed by atoms with Crippen molar-refractivity contribution in [2.45, 2.75) is 59.4 Å². The van der Waals surface area contributed by atoms with Crippen LogP contribution < -0.4 is 5.32 Å². The highest BCUT2D eigenvalue weighted by atomic mass is 16.2. The molecule has 1 rings (SSSR count). The molecule has 0 saturated carbocycles. The van der Waals surface area contributed by atoms with E-state index in [1.54, 1.807) is 0 Å². The van der Waals surface area contributed by atoms with Crippen molar-refractivity contribution in [1.29, 1.82) is 0 Å². The SMILES string of the molecule is CCCC1(C(=O)N(C)C(C)C(C)C)CCCNC1. The number of nitrogens with one attached hydrogen (secondary N) is 1. The Labute approximate surface area is 112 Å². The Bertz CT molecular complexity index is 264. The molecule has 3 nitrogen and oxygen atoms in total. The van der Waals surface area contributed by atoms with E-state index in [2.05, 4.69) is 33.0 Å². The molecule has 0 radical (unpaired) electrons. The Morgan fingerprint density at radius 2 is 2.06 bits per heavy atom. The minimum atomic E-state index is -0.148. The normalized spacial score (nSPS) is 26.1. The lowest BCUT2D eigenvalue weighted by Crippen LogP contribution is -2.53. The van der Waals surface area contributed by atoms with Crippen LogP contribution in [0.4, 0.5) is 0 Å². The lowest BCUT2D eigenvalue weighted by Gasteiger charge is -2.41. The summed E-state index contributed by atoms with van der Waals surface area (Å²) in [6.07, 6.45) is 4.25. The third-order valence-electron chi connectivity index (χ3n) is 4.55. The highest BCUT2D eigenvalue weighted by Crippen LogP contribution is 2.34. The molecule has 1 amide bonds. The highest BCUT2D eigenvalue weighted by Gasteiger charge is 2.41. The van der Waals surface area contributed by atoms with Gasteiger partial charge in [0.2, 0.25) is 5.91 Å². The van der Waals surface area contributed by atoms with Crippen LogP contribution in [-0.4, -0.2) is 37.0 Å². The molecule has 18 heavy (non-hydrogen) atoms. The first-order valence-electron chi connectivity index (χ1n) is 7.42. The van der Waals surface area contributed by atoms with Crippen LogP contribution in [0.15, 0.2) is 0 Å². The van der Waals surface area contributed by atoms with Gasteiger partial charge in [-0.1, -0.05) is 27.2 Å². The zero-order chi connectivity index (χ0) is 13.8. The van der Waals surface area contributed by atoms with Crippen LogP contribution in [0.3, 0.4) is 0 Å². The molecule has 1 heterocycles. The second-order valence-corrected chi connectivity index (χ2v) is 6.21. The number of amides is 1. The van der Waals surface area contributed by atoms with E-state index in [4.69, 9.17) is 0 Å². The van der Waals surface area contributed by atoms with Crippen molar-refractivity contribution in [3.05, 3.63) is 0 Å². The maximum atomic E-state index is 12.8. The van der Waals surface area contributed by atoms with Crippen LogP contribution in [0, 0.1) is 11.3 Å². The van der Waals surface area contributed by atoms with Crippen LogP contribution in [0.1, 0.15) is 53.4 Å². The molecule has 0 bridgehead atoms. The van der Waals surface area contributed by atoms with Gasteiger partial charge in [-0.05, 0) is 38.6 Å². The van der Waals surface area contributed by atoms with Crippen LogP contribution in [0.2, 0.25) is 0 Å². The molecular formula is C15H30N2O. The fourth-order valence-electron chi connectivity index (χ4n) is 2.96. The van der Waals surface area contributed by atoms with E-state index in [0.717, 1.165) is 38.8 Å². The van der Waals surface area contributed by atoms with Crippen molar-refractivity contribution < 1.29 is 4.79 Å². The zero-order valence-electron chi connectivity index (χ0n) is 12.8. The Kier molecular flexibility index (Phi) is 5.64. The van der Waals surface area contributed by atoms with Gasteiger partial charge in [-0.25, -0.2) is 0 Å². The minimum absolute atomic E-state index is 0.148. The molecular weight excluding hydrogens is 224 g/mol. The topological polar surface area (TPSA) is 32.3 Å². The first kappa shape index (κ1) is 15.5. The number of carbonyl (C=O) groups excluding carboxylic acids is 1. The molecule has 1 aliphatic rings. The summed E-state index contributed by atoms with van der Waals surface area (Å²) in [5.74, 6) is 0.854. The van der Waals surface area contributed by atoms with Crippen LogP contribution in [0.25, 0.3) is 0 Å². The first-order valence-corrected chi connectivity index (χ1v) is 7.42. The van der Waals surface area contributed by atoms with Gasteiger partial charge in [0.05, 0.1) is 5.41 Å². The quantitative estimate of drug-likeness (QED) is 0.818. The second-order valence-electron chi connectivity index (χ2n) is 6.21. The Hall–Kier alpha value is -0.570. The summed E-state index contributed by atoms with van der Waals surface area (Å²) < 4.78 is 0. The van der Waals surface area contributed by atoms with Gasteiger partial charge in [0.15, 0.2) is 0 Å². The Balaban J connectivity index is 2.81. The molecule has 1 fully saturated rings.